The van der Waals surface area contributed by atoms with Crippen LogP contribution in [0.5, 0.6) is 23.0 Å². The highest BCUT2D eigenvalue weighted by molar-refractivity contribution is 5.87. The van der Waals surface area contributed by atoms with Gasteiger partial charge >= 0.3 is 0 Å². The van der Waals surface area contributed by atoms with Crippen LogP contribution in [0.3, 0.4) is 0 Å². The minimum Gasteiger partial charge on any atom is -0.494 e. The number of nitrogens with zero attached hydrogens (tertiary/aromatic N) is 1. The smallest absolute Gasteiger partial charge is 0.262 e. The Kier molecular flexibility index (Phi) is 8.14. The predicted molar refractivity (Wildman–Crippen MR) is 113 cm³/mol. The highest BCUT2D eigenvalue weighted by Crippen LogP contribution is 2.37. The second-order valence-corrected chi connectivity index (χ2v) is 6.02. The summed E-state index contributed by atoms with van der Waals surface area (Å²) in [5.41, 5.74) is 4.01. The molecular weight excluding hydrogens is 374 g/mol. The number of carbonyl (C=O) groups is 1. The maximum atomic E-state index is 12.3. The molecule has 2 aromatic rings. The SMILES string of the molecule is CCOc1ccc(N[C@H](C)C(=O)N/N=C\c2cc(OC)c(OC)c(OC)c2)cc1. The summed E-state index contributed by atoms with van der Waals surface area (Å²) in [6.45, 7) is 4.29. The summed E-state index contributed by atoms with van der Waals surface area (Å²) in [5, 5.41) is 7.13. The Labute approximate surface area is 170 Å². The Morgan fingerprint density at radius 3 is 2.21 bits per heavy atom. The number of hydrogen-bond acceptors (Lipinski definition) is 7. The Bertz CT molecular complexity index is 812. The second kappa shape index (κ2) is 10.8. The van der Waals surface area contributed by atoms with Crippen molar-refractivity contribution < 1.29 is 23.7 Å². The van der Waals surface area contributed by atoms with Crippen molar-refractivity contribution >= 4 is 17.8 Å². The fourth-order valence-corrected chi connectivity index (χ4v) is 2.57. The van der Waals surface area contributed by atoms with Gasteiger partial charge in [0.15, 0.2) is 11.5 Å². The molecule has 0 unspecified atom stereocenters. The molecule has 0 radical (unpaired) electrons. The number of hydrazone groups is 1. The van der Waals surface area contributed by atoms with E-state index in [1.165, 1.54) is 27.5 Å². The first-order chi connectivity index (χ1) is 14.0. The van der Waals surface area contributed by atoms with Gasteiger partial charge in [-0.3, -0.25) is 4.79 Å². The summed E-state index contributed by atoms with van der Waals surface area (Å²) in [5.74, 6) is 2.01. The molecule has 2 N–H and O–H groups in total. The fourth-order valence-electron chi connectivity index (χ4n) is 2.57. The number of benzene rings is 2. The van der Waals surface area contributed by atoms with Crippen molar-refractivity contribution in [2.45, 2.75) is 19.9 Å². The predicted octanol–water partition coefficient (Wildman–Crippen LogP) is 3.06. The molecule has 156 valence electrons. The van der Waals surface area contributed by atoms with Crippen LogP contribution < -0.4 is 29.7 Å². The zero-order valence-corrected chi connectivity index (χ0v) is 17.3. The van der Waals surface area contributed by atoms with Crippen molar-refractivity contribution in [2.24, 2.45) is 5.10 Å². The summed E-state index contributed by atoms with van der Waals surface area (Å²) >= 11 is 0. The average Bonchev–Trinajstić information content (AvgIpc) is 2.74. The van der Waals surface area contributed by atoms with E-state index in [0.29, 0.717) is 29.4 Å². The highest BCUT2D eigenvalue weighted by Gasteiger charge is 2.13. The van der Waals surface area contributed by atoms with E-state index < -0.39 is 6.04 Å². The van der Waals surface area contributed by atoms with Gasteiger partial charge in [-0.25, -0.2) is 5.43 Å². The van der Waals surface area contributed by atoms with Gasteiger partial charge in [-0.2, -0.15) is 5.10 Å². The van der Waals surface area contributed by atoms with Crippen LogP contribution in [0.4, 0.5) is 5.69 Å². The first-order valence-corrected chi connectivity index (χ1v) is 9.14. The third-order valence-corrected chi connectivity index (χ3v) is 4.02. The van der Waals surface area contributed by atoms with Gasteiger partial charge < -0.3 is 24.3 Å². The summed E-state index contributed by atoms with van der Waals surface area (Å²) in [6.07, 6.45) is 1.51. The lowest BCUT2D eigenvalue weighted by Crippen LogP contribution is -2.34. The number of rotatable bonds is 10. The van der Waals surface area contributed by atoms with E-state index in [4.69, 9.17) is 18.9 Å². The van der Waals surface area contributed by atoms with Crippen LogP contribution in [0.2, 0.25) is 0 Å². The molecule has 0 saturated heterocycles. The van der Waals surface area contributed by atoms with E-state index in [1.54, 1.807) is 19.1 Å². The normalized spacial score (nSPS) is 11.6. The van der Waals surface area contributed by atoms with E-state index in [1.807, 2.05) is 31.2 Å². The Morgan fingerprint density at radius 2 is 1.69 bits per heavy atom. The molecule has 2 rings (SSSR count). The minimum atomic E-state index is -0.481. The largest absolute Gasteiger partial charge is 0.494 e. The third-order valence-electron chi connectivity index (χ3n) is 4.02. The van der Waals surface area contributed by atoms with Gasteiger partial charge in [0.2, 0.25) is 5.75 Å². The van der Waals surface area contributed by atoms with Gasteiger partial charge in [0.25, 0.3) is 5.91 Å². The van der Waals surface area contributed by atoms with E-state index in [2.05, 4.69) is 15.8 Å². The molecule has 8 nitrogen and oxygen atoms in total. The molecule has 2 aromatic carbocycles. The number of methoxy groups -OCH3 is 3. The zero-order chi connectivity index (χ0) is 21.2. The average molecular weight is 401 g/mol. The van der Waals surface area contributed by atoms with E-state index >= 15 is 0 Å². The monoisotopic (exact) mass is 401 g/mol. The van der Waals surface area contributed by atoms with Crippen LogP contribution in [0.1, 0.15) is 19.4 Å². The van der Waals surface area contributed by atoms with E-state index in [-0.39, 0.29) is 5.91 Å². The molecule has 29 heavy (non-hydrogen) atoms. The van der Waals surface area contributed by atoms with Crippen LogP contribution in [-0.2, 0) is 4.79 Å². The maximum absolute atomic E-state index is 12.3. The molecule has 0 heterocycles. The standard InChI is InChI=1S/C21H27N3O5/c1-6-29-17-9-7-16(8-10-17)23-14(2)21(25)24-22-13-15-11-18(26-3)20(28-5)19(12-15)27-4/h7-14,23H,6H2,1-5H3,(H,24,25)/b22-13-/t14-/m1/s1. The van der Waals surface area contributed by atoms with Crippen molar-refractivity contribution in [3.05, 3.63) is 42.0 Å². The molecule has 0 saturated carbocycles. The maximum Gasteiger partial charge on any atom is 0.262 e. The van der Waals surface area contributed by atoms with Gasteiger partial charge in [0.1, 0.15) is 11.8 Å². The minimum absolute atomic E-state index is 0.275. The van der Waals surface area contributed by atoms with Crippen LogP contribution >= 0.6 is 0 Å². The molecule has 0 bridgehead atoms. The molecule has 1 atom stereocenters. The lowest BCUT2D eigenvalue weighted by molar-refractivity contribution is -0.121. The molecule has 0 aromatic heterocycles. The van der Waals surface area contributed by atoms with Crippen LogP contribution in [-0.4, -0.2) is 46.1 Å². The first-order valence-electron chi connectivity index (χ1n) is 9.14. The number of amides is 1. The summed E-state index contributed by atoms with van der Waals surface area (Å²) in [7, 11) is 4.61. The van der Waals surface area contributed by atoms with Gasteiger partial charge in [-0.05, 0) is 50.2 Å². The number of nitrogens with one attached hydrogen (secondary N) is 2. The second-order valence-electron chi connectivity index (χ2n) is 6.02. The quantitative estimate of drug-likeness (QED) is 0.470. The number of hydrogen-bond donors (Lipinski definition) is 2. The number of carbonyl (C=O) groups excluding carboxylic acids is 1. The highest BCUT2D eigenvalue weighted by atomic mass is 16.5. The van der Waals surface area contributed by atoms with Crippen molar-refractivity contribution in [3.8, 4) is 23.0 Å². The zero-order valence-electron chi connectivity index (χ0n) is 17.3. The fraction of sp³-hybridized carbons (Fsp3) is 0.333. The summed E-state index contributed by atoms with van der Waals surface area (Å²) in [4.78, 5) is 12.3. The topological polar surface area (TPSA) is 90.4 Å². The van der Waals surface area contributed by atoms with Gasteiger partial charge in [-0.15, -0.1) is 0 Å². The first kappa shape index (κ1) is 21.9. The Hall–Kier alpha value is -3.42. The number of ether oxygens (including phenoxy) is 4. The Morgan fingerprint density at radius 1 is 1.07 bits per heavy atom. The van der Waals surface area contributed by atoms with Crippen LogP contribution in [0, 0.1) is 0 Å². The van der Waals surface area contributed by atoms with Crippen LogP contribution in [0.15, 0.2) is 41.5 Å². The molecular formula is C21H27N3O5. The van der Waals surface area contributed by atoms with Crippen molar-refractivity contribution in [3.63, 3.8) is 0 Å². The molecule has 0 fully saturated rings. The van der Waals surface area contributed by atoms with E-state index in [9.17, 15) is 4.79 Å². The summed E-state index contributed by atoms with van der Waals surface area (Å²) in [6, 6.07) is 10.4. The lowest BCUT2D eigenvalue weighted by atomic mass is 10.2. The van der Waals surface area contributed by atoms with Crippen LogP contribution in [0.25, 0.3) is 0 Å². The third kappa shape index (κ3) is 6.03. The molecule has 0 aliphatic rings. The molecule has 8 heteroatoms. The van der Waals surface area contributed by atoms with Crippen molar-refractivity contribution in [1.82, 2.24) is 5.43 Å². The van der Waals surface area contributed by atoms with E-state index in [0.717, 1.165) is 11.4 Å². The summed E-state index contributed by atoms with van der Waals surface area (Å²) < 4.78 is 21.3. The van der Waals surface area contributed by atoms with Crippen molar-refractivity contribution in [2.75, 3.05) is 33.3 Å². The molecule has 0 spiro atoms. The molecule has 0 aliphatic carbocycles. The number of anilines is 1. The van der Waals surface area contributed by atoms with Gasteiger partial charge in [0, 0.05) is 11.3 Å². The Balaban J connectivity index is 1.97. The van der Waals surface area contributed by atoms with Crippen molar-refractivity contribution in [1.29, 1.82) is 0 Å². The lowest BCUT2D eigenvalue weighted by Gasteiger charge is -2.14. The van der Waals surface area contributed by atoms with Gasteiger partial charge in [0.05, 0.1) is 34.2 Å². The molecule has 1 amide bonds. The van der Waals surface area contributed by atoms with Gasteiger partial charge in [-0.1, -0.05) is 0 Å². The molecule has 0 aliphatic heterocycles.